The summed E-state index contributed by atoms with van der Waals surface area (Å²) in [6.07, 6.45) is 4.15. The first-order chi connectivity index (χ1) is 10.3. The molecule has 0 radical (unpaired) electrons. The quantitative estimate of drug-likeness (QED) is 0.794. The van der Waals surface area contributed by atoms with Gasteiger partial charge in [-0.3, -0.25) is 0 Å². The molecule has 0 aromatic heterocycles. The molecule has 2 aromatic carbocycles. The Bertz CT molecular complexity index is 736. The van der Waals surface area contributed by atoms with Gasteiger partial charge in [0.1, 0.15) is 0 Å². The van der Waals surface area contributed by atoms with Crippen LogP contribution in [-0.2, 0) is 0 Å². The van der Waals surface area contributed by atoms with E-state index in [0.717, 1.165) is 11.1 Å². The molecule has 0 amide bonds. The molecule has 102 valence electrons. The molecule has 2 heteroatoms. The summed E-state index contributed by atoms with van der Waals surface area (Å²) in [5.74, 6) is -0.176. The third-order valence-electron chi connectivity index (χ3n) is 3.65. The molecule has 21 heavy (non-hydrogen) atoms. The Morgan fingerprint density at radius 3 is 2.00 bits per heavy atom. The first kappa shape index (κ1) is 13.7. The summed E-state index contributed by atoms with van der Waals surface area (Å²) < 4.78 is 0. The highest BCUT2D eigenvalue weighted by molar-refractivity contribution is 8.03. The predicted octanol–water partition coefficient (Wildman–Crippen LogP) is 5.00. The molecule has 1 aliphatic carbocycles. The van der Waals surface area contributed by atoms with E-state index in [1.165, 1.54) is 16.0 Å². The van der Waals surface area contributed by atoms with Gasteiger partial charge in [-0.05, 0) is 29.0 Å². The van der Waals surface area contributed by atoms with Gasteiger partial charge in [0.05, 0.1) is 12.0 Å². The van der Waals surface area contributed by atoms with Crippen molar-refractivity contribution in [3.63, 3.8) is 0 Å². The van der Waals surface area contributed by atoms with Crippen LogP contribution in [0.4, 0.5) is 0 Å². The van der Waals surface area contributed by atoms with E-state index in [-0.39, 0.29) is 5.92 Å². The highest BCUT2D eigenvalue weighted by atomic mass is 32.2. The van der Waals surface area contributed by atoms with Crippen LogP contribution in [0.15, 0.2) is 71.6 Å². The second-order valence-corrected chi connectivity index (χ2v) is 5.71. The van der Waals surface area contributed by atoms with Crippen molar-refractivity contribution < 1.29 is 0 Å². The average Bonchev–Trinajstić information content (AvgIpc) is 2.95. The van der Waals surface area contributed by atoms with E-state index in [0.29, 0.717) is 0 Å². The van der Waals surface area contributed by atoms with Crippen LogP contribution in [0, 0.1) is 17.2 Å². The van der Waals surface area contributed by atoms with Crippen molar-refractivity contribution in [1.29, 1.82) is 5.26 Å². The van der Waals surface area contributed by atoms with Crippen molar-refractivity contribution in [2.45, 2.75) is 0 Å². The van der Waals surface area contributed by atoms with Crippen molar-refractivity contribution in [1.82, 2.24) is 0 Å². The highest BCUT2D eigenvalue weighted by Gasteiger charge is 2.27. The Hall–Kier alpha value is -2.24. The maximum Gasteiger partial charge on any atom is 0.0919 e. The van der Waals surface area contributed by atoms with Crippen LogP contribution < -0.4 is 0 Å². The molecule has 3 rings (SSSR count). The summed E-state index contributed by atoms with van der Waals surface area (Å²) in [5.41, 5.74) is 4.62. The predicted molar refractivity (Wildman–Crippen MR) is 90.4 cm³/mol. The molecule has 0 spiro atoms. The largest absolute Gasteiger partial charge is 0.197 e. The second-order valence-electron chi connectivity index (χ2n) is 4.86. The molecule has 0 heterocycles. The zero-order valence-corrected chi connectivity index (χ0v) is 12.6. The molecule has 2 aromatic rings. The van der Waals surface area contributed by atoms with Crippen LogP contribution >= 0.6 is 11.8 Å². The van der Waals surface area contributed by atoms with Crippen LogP contribution in [0.1, 0.15) is 11.1 Å². The van der Waals surface area contributed by atoms with Crippen molar-refractivity contribution in [2.75, 3.05) is 6.26 Å². The zero-order valence-electron chi connectivity index (χ0n) is 11.8. The number of nitrogens with zero attached hydrogens (tertiary/aromatic N) is 1. The summed E-state index contributed by atoms with van der Waals surface area (Å²) in [6.45, 7) is 0. The van der Waals surface area contributed by atoms with Gasteiger partial charge in [0.2, 0.25) is 0 Å². The van der Waals surface area contributed by atoms with Gasteiger partial charge in [-0.2, -0.15) is 5.26 Å². The van der Waals surface area contributed by atoms with Crippen molar-refractivity contribution in [3.8, 4) is 6.07 Å². The Morgan fingerprint density at radius 2 is 1.48 bits per heavy atom. The van der Waals surface area contributed by atoms with E-state index < -0.39 is 0 Å². The third kappa shape index (κ3) is 2.53. The van der Waals surface area contributed by atoms with Gasteiger partial charge >= 0.3 is 0 Å². The molecule has 0 saturated carbocycles. The van der Waals surface area contributed by atoms with Crippen molar-refractivity contribution in [2.24, 2.45) is 5.92 Å². The number of benzene rings is 2. The van der Waals surface area contributed by atoms with Crippen LogP contribution in [0.25, 0.3) is 11.1 Å². The first-order valence-electron chi connectivity index (χ1n) is 6.86. The van der Waals surface area contributed by atoms with Gasteiger partial charge in [-0.1, -0.05) is 60.7 Å². The number of thioether (sulfide) groups is 1. The van der Waals surface area contributed by atoms with E-state index in [4.69, 9.17) is 0 Å². The topological polar surface area (TPSA) is 23.8 Å². The minimum absolute atomic E-state index is 0.176. The van der Waals surface area contributed by atoms with Crippen LogP contribution in [0.3, 0.4) is 0 Å². The molecular formula is C19H15NS. The van der Waals surface area contributed by atoms with E-state index in [9.17, 15) is 5.26 Å². The average molecular weight is 289 g/mol. The lowest BCUT2D eigenvalue weighted by Crippen LogP contribution is -1.96. The van der Waals surface area contributed by atoms with Gasteiger partial charge in [-0.25, -0.2) is 0 Å². The van der Waals surface area contributed by atoms with Gasteiger partial charge in [0.15, 0.2) is 0 Å². The minimum atomic E-state index is -0.176. The molecular weight excluding hydrogens is 274 g/mol. The van der Waals surface area contributed by atoms with E-state index in [1.54, 1.807) is 11.8 Å². The van der Waals surface area contributed by atoms with Gasteiger partial charge in [0, 0.05) is 10.5 Å². The molecule has 1 atom stereocenters. The van der Waals surface area contributed by atoms with Gasteiger partial charge in [-0.15, -0.1) is 11.8 Å². The summed E-state index contributed by atoms with van der Waals surface area (Å²) in [7, 11) is 0. The third-order valence-corrected chi connectivity index (χ3v) is 4.43. The fourth-order valence-corrected chi connectivity index (χ4v) is 3.43. The van der Waals surface area contributed by atoms with Crippen molar-refractivity contribution in [3.05, 3.63) is 82.8 Å². The molecule has 1 unspecified atom stereocenters. The van der Waals surface area contributed by atoms with Gasteiger partial charge in [0.25, 0.3) is 0 Å². The number of allylic oxidation sites excluding steroid dienone is 3. The molecule has 0 aliphatic heterocycles. The fraction of sp³-hybridized carbons (Fsp3) is 0.105. The minimum Gasteiger partial charge on any atom is -0.197 e. The molecule has 1 nitrogen and oxygen atoms in total. The van der Waals surface area contributed by atoms with Crippen molar-refractivity contribution >= 4 is 22.9 Å². The number of hydrogen-bond acceptors (Lipinski definition) is 2. The standard InChI is InChI=1S/C19H15NS/c1-21-17-12-16(13-20)18(14-8-4-2-5-9-14)19(17)15-10-6-3-7-11-15/h2-12,16H,1H3. The normalized spacial score (nSPS) is 17.5. The number of nitriles is 1. The SMILES string of the molecule is CSC1=CC(C#N)C(c2ccccc2)=C1c1ccccc1. The lowest BCUT2D eigenvalue weighted by atomic mass is 9.91. The monoisotopic (exact) mass is 289 g/mol. The molecule has 0 bridgehead atoms. The molecule has 0 N–H and O–H groups in total. The smallest absolute Gasteiger partial charge is 0.0919 e. The molecule has 0 saturated heterocycles. The summed E-state index contributed by atoms with van der Waals surface area (Å²) >= 11 is 1.71. The Kier molecular flexibility index (Phi) is 3.94. The summed E-state index contributed by atoms with van der Waals surface area (Å²) in [5, 5.41) is 9.54. The van der Waals surface area contributed by atoms with Crippen LogP contribution in [0.2, 0.25) is 0 Å². The summed E-state index contributed by atoms with van der Waals surface area (Å²) in [4.78, 5) is 1.19. The Labute approximate surface area is 129 Å². The molecule has 1 aliphatic rings. The lowest BCUT2D eigenvalue weighted by molar-refractivity contribution is 1.12. The Morgan fingerprint density at radius 1 is 0.905 bits per heavy atom. The maximum atomic E-state index is 9.54. The van der Waals surface area contributed by atoms with Crippen LogP contribution in [0.5, 0.6) is 0 Å². The Balaban J connectivity index is 2.25. The maximum absolute atomic E-state index is 9.54. The number of rotatable bonds is 3. The highest BCUT2D eigenvalue weighted by Crippen LogP contribution is 2.46. The van der Waals surface area contributed by atoms with E-state index in [2.05, 4.69) is 42.7 Å². The first-order valence-corrected chi connectivity index (χ1v) is 8.08. The lowest BCUT2D eigenvalue weighted by Gasteiger charge is -2.13. The van der Waals surface area contributed by atoms with E-state index in [1.807, 2.05) is 36.4 Å². The zero-order chi connectivity index (χ0) is 14.7. The second kappa shape index (κ2) is 6.03. The number of hydrogen-bond donors (Lipinski definition) is 0. The van der Waals surface area contributed by atoms with Gasteiger partial charge < -0.3 is 0 Å². The fourth-order valence-electron chi connectivity index (χ4n) is 2.72. The summed E-state index contributed by atoms with van der Waals surface area (Å²) in [6, 6.07) is 23.0. The van der Waals surface area contributed by atoms with Crippen LogP contribution in [-0.4, -0.2) is 6.26 Å². The molecule has 0 fully saturated rings. The van der Waals surface area contributed by atoms with E-state index >= 15 is 0 Å².